The number of nitrogens with one attached hydrogen (secondary N) is 1. The maximum absolute atomic E-state index is 12.5. The Kier molecular flexibility index (Phi) is 5.49. The van der Waals surface area contributed by atoms with Crippen molar-refractivity contribution in [1.82, 2.24) is 24.7 Å². The second-order valence-corrected chi connectivity index (χ2v) is 7.92. The fourth-order valence-electron chi connectivity index (χ4n) is 3.37. The topological polar surface area (TPSA) is 116 Å². The van der Waals surface area contributed by atoms with Crippen LogP contribution in [-0.4, -0.2) is 37.8 Å². The lowest BCUT2D eigenvalue weighted by atomic mass is 10.1. The lowest BCUT2D eigenvalue weighted by Crippen LogP contribution is -2.12. The average Bonchev–Trinajstić information content (AvgIpc) is 3.52. The van der Waals surface area contributed by atoms with Gasteiger partial charge in [0.25, 0.3) is 5.56 Å². The van der Waals surface area contributed by atoms with Gasteiger partial charge in [0.1, 0.15) is 5.82 Å². The molecule has 0 amide bonds. The van der Waals surface area contributed by atoms with Gasteiger partial charge < -0.3 is 14.1 Å². The van der Waals surface area contributed by atoms with E-state index in [1.54, 1.807) is 24.5 Å². The predicted molar refractivity (Wildman–Crippen MR) is 122 cm³/mol. The third-order valence-corrected chi connectivity index (χ3v) is 5.84. The van der Waals surface area contributed by atoms with Gasteiger partial charge in [-0.1, -0.05) is 30.0 Å². The van der Waals surface area contributed by atoms with Gasteiger partial charge >= 0.3 is 5.97 Å². The second kappa shape index (κ2) is 8.75. The number of nitrogens with zero attached hydrogens (tertiary/aromatic N) is 4. The summed E-state index contributed by atoms with van der Waals surface area (Å²) >= 11 is 1.37. The largest absolute Gasteiger partial charge is 0.465 e. The number of ether oxygens (including phenoxy) is 1. The second-order valence-electron chi connectivity index (χ2n) is 6.98. The fraction of sp³-hybridized carbons (Fsp3) is 0.0870. The smallest absolute Gasteiger partial charge is 0.337 e. The zero-order valence-electron chi connectivity index (χ0n) is 17.4. The summed E-state index contributed by atoms with van der Waals surface area (Å²) in [6, 6.07) is 17.9. The van der Waals surface area contributed by atoms with Crippen molar-refractivity contribution in [1.29, 1.82) is 0 Å². The molecule has 0 fully saturated rings. The molecule has 3 heterocycles. The molecule has 0 atom stereocenters. The molecule has 9 nitrogen and oxygen atoms in total. The van der Waals surface area contributed by atoms with Crippen LogP contribution in [0.4, 0.5) is 0 Å². The van der Waals surface area contributed by atoms with E-state index in [0.29, 0.717) is 44.8 Å². The Hall–Kier alpha value is -4.18. The Morgan fingerprint density at radius 3 is 2.73 bits per heavy atom. The number of hydrogen-bond acceptors (Lipinski definition) is 8. The Morgan fingerprint density at radius 2 is 1.97 bits per heavy atom. The average molecular weight is 459 g/mol. The van der Waals surface area contributed by atoms with E-state index in [0.717, 1.165) is 5.69 Å². The van der Waals surface area contributed by atoms with Crippen LogP contribution < -0.4 is 5.56 Å². The summed E-state index contributed by atoms with van der Waals surface area (Å²) in [4.78, 5) is 31.7. The van der Waals surface area contributed by atoms with E-state index in [1.165, 1.54) is 24.9 Å². The molecule has 0 radical (unpaired) electrons. The van der Waals surface area contributed by atoms with Crippen molar-refractivity contribution in [2.75, 3.05) is 7.11 Å². The van der Waals surface area contributed by atoms with Crippen LogP contribution in [-0.2, 0) is 10.5 Å². The zero-order chi connectivity index (χ0) is 22.8. The Morgan fingerprint density at radius 1 is 1.12 bits per heavy atom. The van der Waals surface area contributed by atoms with Crippen LogP contribution in [0.15, 0.2) is 81.3 Å². The molecule has 5 rings (SSSR count). The fourth-order valence-corrected chi connectivity index (χ4v) is 4.19. The van der Waals surface area contributed by atoms with Crippen molar-refractivity contribution >= 4 is 28.6 Å². The minimum absolute atomic E-state index is 0.284. The minimum atomic E-state index is -0.490. The van der Waals surface area contributed by atoms with E-state index in [4.69, 9.17) is 9.15 Å². The van der Waals surface area contributed by atoms with Gasteiger partial charge in [-0.25, -0.2) is 9.78 Å². The molecule has 2 aromatic carbocycles. The summed E-state index contributed by atoms with van der Waals surface area (Å²) in [6.07, 6.45) is 1.58. The normalized spacial score (nSPS) is 11.1. The molecule has 0 saturated heterocycles. The van der Waals surface area contributed by atoms with Crippen molar-refractivity contribution in [2.45, 2.75) is 10.9 Å². The first-order valence-electron chi connectivity index (χ1n) is 9.93. The van der Waals surface area contributed by atoms with Gasteiger partial charge in [-0.2, -0.15) is 0 Å². The first kappa shape index (κ1) is 20.7. The quantitative estimate of drug-likeness (QED) is 0.301. The number of rotatable bonds is 6. The molecule has 33 heavy (non-hydrogen) atoms. The molecule has 164 valence electrons. The molecule has 0 aliphatic heterocycles. The molecule has 0 aliphatic carbocycles. The Balaban J connectivity index is 1.49. The third kappa shape index (κ3) is 4.03. The van der Waals surface area contributed by atoms with Crippen LogP contribution in [0.1, 0.15) is 16.2 Å². The van der Waals surface area contributed by atoms with Crippen molar-refractivity contribution in [3.63, 3.8) is 0 Å². The number of fused-ring (bicyclic) bond motifs is 1. The van der Waals surface area contributed by atoms with Crippen LogP contribution in [0.3, 0.4) is 0 Å². The van der Waals surface area contributed by atoms with Gasteiger partial charge in [0.15, 0.2) is 10.9 Å². The molecule has 10 heteroatoms. The van der Waals surface area contributed by atoms with E-state index in [-0.39, 0.29) is 5.56 Å². The van der Waals surface area contributed by atoms with Crippen LogP contribution in [0.5, 0.6) is 0 Å². The summed E-state index contributed by atoms with van der Waals surface area (Å²) in [5.41, 5.74) is 1.33. The number of methoxy groups -OCH3 is 1. The number of para-hydroxylation sites is 1. The summed E-state index contributed by atoms with van der Waals surface area (Å²) in [6.45, 7) is 0. The molecule has 3 aromatic heterocycles. The number of carbonyl (C=O) groups excluding carboxylic acids is 1. The van der Waals surface area contributed by atoms with Crippen LogP contribution in [0.25, 0.3) is 28.2 Å². The molecule has 0 bridgehead atoms. The first-order valence-corrected chi connectivity index (χ1v) is 10.9. The molecule has 0 saturated carbocycles. The maximum Gasteiger partial charge on any atom is 0.337 e. The molecule has 0 spiro atoms. The number of thioether (sulfide) groups is 1. The van der Waals surface area contributed by atoms with Crippen molar-refractivity contribution in [3.8, 4) is 17.3 Å². The van der Waals surface area contributed by atoms with Gasteiger partial charge in [0.2, 0.25) is 5.82 Å². The van der Waals surface area contributed by atoms with Crippen molar-refractivity contribution < 1.29 is 13.9 Å². The molecule has 5 aromatic rings. The molecule has 0 unspecified atom stereocenters. The molecule has 1 N–H and O–H groups in total. The highest BCUT2D eigenvalue weighted by atomic mass is 32.2. The Bertz CT molecular complexity index is 1490. The van der Waals surface area contributed by atoms with Gasteiger partial charge in [0, 0.05) is 5.69 Å². The highest BCUT2D eigenvalue weighted by Gasteiger charge is 2.18. The number of furan rings is 1. The van der Waals surface area contributed by atoms with Crippen LogP contribution >= 0.6 is 11.8 Å². The summed E-state index contributed by atoms with van der Waals surface area (Å²) < 4.78 is 12.2. The lowest BCUT2D eigenvalue weighted by Gasteiger charge is -2.09. The first-order chi connectivity index (χ1) is 16.1. The van der Waals surface area contributed by atoms with E-state index in [9.17, 15) is 9.59 Å². The van der Waals surface area contributed by atoms with Gasteiger partial charge in [0.05, 0.1) is 35.6 Å². The van der Waals surface area contributed by atoms with Gasteiger partial charge in [-0.3, -0.25) is 9.36 Å². The Labute approximate surface area is 191 Å². The lowest BCUT2D eigenvalue weighted by molar-refractivity contribution is 0.0601. The number of aromatic nitrogens is 5. The van der Waals surface area contributed by atoms with E-state index < -0.39 is 5.97 Å². The van der Waals surface area contributed by atoms with Crippen molar-refractivity contribution in [2.24, 2.45) is 0 Å². The van der Waals surface area contributed by atoms with Crippen molar-refractivity contribution in [3.05, 3.63) is 88.7 Å². The van der Waals surface area contributed by atoms with E-state index in [2.05, 4.69) is 20.2 Å². The number of esters is 1. The van der Waals surface area contributed by atoms with Crippen LogP contribution in [0, 0.1) is 0 Å². The third-order valence-electron chi connectivity index (χ3n) is 4.90. The zero-order valence-corrected chi connectivity index (χ0v) is 18.2. The minimum Gasteiger partial charge on any atom is -0.465 e. The number of H-pyrrole nitrogens is 1. The molecule has 0 aliphatic rings. The van der Waals surface area contributed by atoms with E-state index in [1.807, 2.05) is 41.0 Å². The molecular formula is C23H17N5O4S. The van der Waals surface area contributed by atoms with Crippen LogP contribution in [0.2, 0.25) is 0 Å². The highest BCUT2D eigenvalue weighted by Crippen LogP contribution is 2.29. The summed E-state index contributed by atoms with van der Waals surface area (Å²) in [5.74, 6) is 1.44. The highest BCUT2D eigenvalue weighted by molar-refractivity contribution is 7.98. The monoisotopic (exact) mass is 459 g/mol. The molecular weight excluding hydrogens is 442 g/mol. The number of benzene rings is 2. The maximum atomic E-state index is 12.5. The van der Waals surface area contributed by atoms with E-state index >= 15 is 0 Å². The standard InChI is InChI=1S/C23H17N5O4S/c1-31-22(30)14-9-10-16-17(12-14)24-19(25-21(16)29)13-33-23-27-26-20(18-8-5-11-32-18)28(23)15-6-3-2-4-7-15/h2-12H,13H2,1H3,(H,24,25,29). The number of carbonyl (C=O) groups is 1. The summed E-state index contributed by atoms with van der Waals surface area (Å²) in [7, 11) is 1.31. The number of hydrogen-bond donors (Lipinski definition) is 1. The SMILES string of the molecule is COC(=O)c1ccc2c(=O)[nH]c(CSc3nnc(-c4ccco4)n3-c3ccccc3)nc2c1. The van der Waals surface area contributed by atoms with Gasteiger partial charge in [-0.05, 0) is 42.5 Å². The summed E-state index contributed by atoms with van der Waals surface area (Å²) in [5, 5.41) is 9.64. The number of aromatic amines is 1. The van der Waals surface area contributed by atoms with Gasteiger partial charge in [-0.15, -0.1) is 10.2 Å². The predicted octanol–water partition coefficient (Wildman–Crippen LogP) is 3.84.